The molecule has 0 aromatic carbocycles. The Balaban J connectivity index is 1.83. The van der Waals surface area contributed by atoms with Gasteiger partial charge in [-0.3, -0.25) is 9.80 Å². The van der Waals surface area contributed by atoms with E-state index >= 15 is 0 Å². The number of hydrogen-bond acceptors (Lipinski definition) is 3. The number of rotatable bonds is 3. The van der Waals surface area contributed by atoms with E-state index < -0.39 is 5.97 Å². The topological polar surface area (TPSA) is 52.9 Å². The molecule has 15 heavy (non-hydrogen) atoms. The number of carboxylic acids is 1. The van der Waals surface area contributed by atoms with E-state index in [1.165, 1.54) is 0 Å². The molecule has 1 aliphatic carbocycles. The van der Waals surface area contributed by atoms with E-state index in [1.54, 1.807) is 0 Å². The summed E-state index contributed by atoms with van der Waals surface area (Å²) in [6.45, 7) is 0. The molecular formula is C11H18N2O2. The molecule has 0 saturated heterocycles. The van der Waals surface area contributed by atoms with Crippen LogP contribution in [0.4, 0.5) is 0 Å². The predicted molar refractivity (Wildman–Crippen MR) is 57.7 cm³/mol. The molecule has 2 rings (SSSR count). The van der Waals surface area contributed by atoms with Crippen molar-refractivity contribution >= 4 is 12.2 Å². The number of nitrogens with zero attached hydrogens (tertiary/aromatic N) is 2. The highest BCUT2D eigenvalue weighted by molar-refractivity contribution is 5.66. The van der Waals surface area contributed by atoms with Crippen molar-refractivity contribution in [3.05, 3.63) is 0 Å². The van der Waals surface area contributed by atoms with Crippen LogP contribution in [0.1, 0.15) is 32.1 Å². The molecule has 2 aliphatic rings. The molecule has 0 aromatic rings. The molecular weight excluding hydrogens is 192 g/mol. The van der Waals surface area contributed by atoms with E-state index in [-0.39, 0.29) is 0 Å². The summed E-state index contributed by atoms with van der Waals surface area (Å²) < 4.78 is 0. The Morgan fingerprint density at radius 2 is 2.40 bits per heavy atom. The minimum atomic E-state index is -0.672. The number of carboxylic acid groups (broad SMARTS) is 1. The number of carbonyl (C=O) groups is 1. The molecule has 0 amide bonds. The van der Waals surface area contributed by atoms with Gasteiger partial charge in [-0.1, -0.05) is 0 Å². The lowest BCUT2D eigenvalue weighted by molar-refractivity contribution is -0.137. The lowest BCUT2D eigenvalue weighted by Gasteiger charge is -2.33. The van der Waals surface area contributed by atoms with Gasteiger partial charge >= 0.3 is 5.97 Å². The molecule has 4 nitrogen and oxygen atoms in total. The van der Waals surface area contributed by atoms with Crippen LogP contribution in [0.2, 0.25) is 0 Å². The number of aliphatic carboxylic acids is 1. The zero-order valence-electron chi connectivity index (χ0n) is 9.09. The van der Waals surface area contributed by atoms with Gasteiger partial charge in [0.2, 0.25) is 0 Å². The van der Waals surface area contributed by atoms with Crippen LogP contribution in [0.15, 0.2) is 5.10 Å². The van der Waals surface area contributed by atoms with Crippen LogP contribution < -0.4 is 0 Å². The summed E-state index contributed by atoms with van der Waals surface area (Å²) in [4.78, 5) is 10.5. The van der Waals surface area contributed by atoms with Gasteiger partial charge in [0.25, 0.3) is 0 Å². The number of hydrogen-bond donors (Lipinski definition) is 1. The summed E-state index contributed by atoms with van der Waals surface area (Å²) in [6.07, 6.45) is 6.61. The van der Waals surface area contributed by atoms with E-state index in [9.17, 15) is 4.79 Å². The fourth-order valence-corrected chi connectivity index (χ4v) is 2.77. The zero-order valence-corrected chi connectivity index (χ0v) is 9.09. The third-order valence-corrected chi connectivity index (χ3v) is 3.66. The van der Waals surface area contributed by atoms with Gasteiger partial charge in [-0.2, -0.15) is 5.10 Å². The molecule has 1 heterocycles. The van der Waals surface area contributed by atoms with E-state index in [2.05, 4.69) is 10.1 Å². The van der Waals surface area contributed by atoms with Gasteiger partial charge in [-0.25, -0.2) is 0 Å². The lowest BCUT2D eigenvalue weighted by atomic mass is 9.77. The fourth-order valence-electron chi connectivity index (χ4n) is 2.77. The van der Waals surface area contributed by atoms with Crippen LogP contribution in [0.3, 0.4) is 0 Å². The van der Waals surface area contributed by atoms with Gasteiger partial charge in [0.05, 0.1) is 6.04 Å². The molecule has 1 aliphatic heterocycles. The number of hydrazone groups is 1. The first-order valence-electron chi connectivity index (χ1n) is 5.65. The second-order valence-corrected chi connectivity index (χ2v) is 4.68. The van der Waals surface area contributed by atoms with Crippen LogP contribution in [0, 0.1) is 11.8 Å². The zero-order chi connectivity index (χ0) is 10.8. The van der Waals surface area contributed by atoms with E-state index in [1.807, 2.05) is 13.3 Å². The minimum Gasteiger partial charge on any atom is -0.481 e. The maximum Gasteiger partial charge on any atom is 0.303 e. The van der Waals surface area contributed by atoms with Crippen LogP contribution in [0.5, 0.6) is 0 Å². The van der Waals surface area contributed by atoms with Gasteiger partial charge in [0, 0.05) is 25.6 Å². The van der Waals surface area contributed by atoms with E-state index in [0.29, 0.717) is 24.3 Å². The maximum absolute atomic E-state index is 10.5. The van der Waals surface area contributed by atoms with E-state index in [4.69, 9.17) is 5.11 Å². The highest BCUT2D eigenvalue weighted by atomic mass is 16.4. The molecule has 0 aromatic heterocycles. The van der Waals surface area contributed by atoms with Crippen molar-refractivity contribution in [3.8, 4) is 0 Å². The smallest absolute Gasteiger partial charge is 0.303 e. The predicted octanol–water partition coefficient (Wildman–Crippen LogP) is 1.57. The standard InChI is InChI=1S/C11H18N2O2/c1-13-10-4-2-8(3-5-11(14)15)6-9(10)7-12-13/h7-10H,2-6H2,1H3,(H,14,15). The molecule has 0 bridgehead atoms. The summed E-state index contributed by atoms with van der Waals surface area (Å²) in [7, 11) is 2.03. The first-order valence-corrected chi connectivity index (χ1v) is 5.65. The largest absolute Gasteiger partial charge is 0.481 e. The van der Waals surface area contributed by atoms with Gasteiger partial charge in [-0.05, 0) is 31.6 Å². The van der Waals surface area contributed by atoms with E-state index in [0.717, 1.165) is 25.7 Å². The molecule has 0 spiro atoms. The summed E-state index contributed by atoms with van der Waals surface area (Å²) in [5.74, 6) is 0.470. The Morgan fingerprint density at radius 1 is 1.60 bits per heavy atom. The first-order chi connectivity index (χ1) is 7.16. The van der Waals surface area contributed by atoms with Crippen molar-refractivity contribution < 1.29 is 9.90 Å². The lowest BCUT2D eigenvalue weighted by Crippen LogP contribution is -2.35. The SMILES string of the molecule is CN1N=CC2CC(CCC(=O)O)CCC21. The Morgan fingerprint density at radius 3 is 3.13 bits per heavy atom. The second-order valence-electron chi connectivity index (χ2n) is 4.68. The normalized spacial score (nSPS) is 34.2. The highest BCUT2D eigenvalue weighted by Crippen LogP contribution is 2.36. The number of fused-ring (bicyclic) bond motifs is 1. The van der Waals surface area contributed by atoms with Crippen molar-refractivity contribution in [2.75, 3.05) is 7.05 Å². The fraction of sp³-hybridized carbons (Fsp3) is 0.818. The molecule has 1 saturated carbocycles. The Hall–Kier alpha value is -1.06. The Kier molecular flexibility index (Phi) is 2.93. The Labute approximate surface area is 90.0 Å². The summed E-state index contributed by atoms with van der Waals surface area (Å²) in [6, 6.07) is 0.575. The molecule has 1 fully saturated rings. The maximum atomic E-state index is 10.5. The van der Waals surface area contributed by atoms with Crippen LogP contribution >= 0.6 is 0 Å². The van der Waals surface area contributed by atoms with Crippen molar-refractivity contribution in [2.45, 2.75) is 38.1 Å². The van der Waals surface area contributed by atoms with Crippen molar-refractivity contribution in [2.24, 2.45) is 16.9 Å². The second kappa shape index (κ2) is 4.21. The first kappa shape index (κ1) is 10.5. The van der Waals surface area contributed by atoms with Gasteiger partial charge in [-0.15, -0.1) is 0 Å². The van der Waals surface area contributed by atoms with Gasteiger partial charge < -0.3 is 5.11 Å². The average Bonchev–Trinajstić information content (AvgIpc) is 2.57. The Bertz CT molecular complexity index is 278. The molecule has 0 radical (unpaired) electrons. The van der Waals surface area contributed by atoms with Crippen molar-refractivity contribution in [3.63, 3.8) is 0 Å². The van der Waals surface area contributed by atoms with Crippen LogP contribution in [-0.2, 0) is 4.79 Å². The minimum absolute atomic E-state index is 0.315. The van der Waals surface area contributed by atoms with Crippen molar-refractivity contribution in [1.29, 1.82) is 0 Å². The third-order valence-electron chi connectivity index (χ3n) is 3.66. The molecule has 1 N–H and O–H groups in total. The quantitative estimate of drug-likeness (QED) is 0.769. The third kappa shape index (κ3) is 2.30. The molecule has 4 heteroatoms. The highest BCUT2D eigenvalue weighted by Gasteiger charge is 2.34. The summed E-state index contributed by atoms with van der Waals surface area (Å²) in [5, 5.41) is 15.0. The monoisotopic (exact) mass is 210 g/mol. The van der Waals surface area contributed by atoms with Gasteiger partial charge in [0.15, 0.2) is 0 Å². The van der Waals surface area contributed by atoms with Crippen molar-refractivity contribution in [1.82, 2.24) is 5.01 Å². The molecule has 84 valence electrons. The van der Waals surface area contributed by atoms with Gasteiger partial charge in [0.1, 0.15) is 0 Å². The van der Waals surface area contributed by atoms with Crippen LogP contribution in [-0.4, -0.2) is 35.4 Å². The summed E-state index contributed by atoms with van der Waals surface area (Å²) >= 11 is 0. The average molecular weight is 210 g/mol. The summed E-state index contributed by atoms with van der Waals surface area (Å²) in [5.41, 5.74) is 0. The molecule has 3 atom stereocenters. The molecule has 3 unspecified atom stereocenters. The van der Waals surface area contributed by atoms with Crippen LogP contribution in [0.25, 0.3) is 0 Å².